The average Bonchev–Trinajstić information content (AvgIpc) is 2.92. The van der Waals surface area contributed by atoms with E-state index in [1.807, 2.05) is 13.8 Å². The Morgan fingerprint density at radius 3 is 2.79 bits per heavy atom. The minimum Gasteiger partial charge on any atom is -0.593 e. The fourth-order valence-electron chi connectivity index (χ4n) is 4.38. The molecule has 1 aliphatic rings. The molecule has 0 saturated carbocycles. The van der Waals surface area contributed by atoms with Gasteiger partial charge in [0.05, 0.1) is 59.8 Å². The number of halogens is 2. The van der Waals surface area contributed by atoms with Gasteiger partial charge in [-0.05, 0) is 38.1 Å². The first-order valence-electron chi connectivity index (χ1n) is 12.5. The summed E-state index contributed by atoms with van der Waals surface area (Å²) < 4.78 is 48.4. The van der Waals surface area contributed by atoms with Gasteiger partial charge in [-0.1, -0.05) is 6.07 Å². The molecule has 3 aromatic heterocycles. The second kappa shape index (κ2) is 11.6. The van der Waals surface area contributed by atoms with Gasteiger partial charge >= 0.3 is 0 Å². The van der Waals surface area contributed by atoms with Crippen LogP contribution in [0.25, 0.3) is 33.7 Å². The number of hydrogen-bond donors (Lipinski definition) is 2. The number of nitrogens with two attached hydrogens (primary N) is 1. The van der Waals surface area contributed by atoms with Gasteiger partial charge in [-0.25, -0.2) is 34.0 Å². The van der Waals surface area contributed by atoms with Crippen LogP contribution in [0.15, 0.2) is 36.5 Å². The molecule has 39 heavy (non-hydrogen) atoms. The number of ether oxygens (including phenoxy) is 1. The summed E-state index contributed by atoms with van der Waals surface area (Å²) in [7, 11) is 0. The smallest absolute Gasteiger partial charge is 0.220 e. The van der Waals surface area contributed by atoms with Crippen molar-refractivity contribution in [1.82, 2.24) is 24.9 Å². The lowest BCUT2D eigenvalue weighted by molar-refractivity contribution is 0.0987. The van der Waals surface area contributed by atoms with E-state index in [0.717, 1.165) is 0 Å². The summed E-state index contributed by atoms with van der Waals surface area (Å²) in [6.45, 7) is 4.90. The van der Waals surface area contributed by atoms with E-state index in [1.54, 1.807) is 30.5 Å². The number of aryl methyl sites for hydroxylation is 1. The normalized spacial score (nSPS) is 16.4. The average molecular weight is 555 g/mol. The van der Waals surface area contributed by atoms with Crippen molar-refractivity contribution < 1.29 is 18.1 Å². The molecule has 2 unspecified atom stereocenters. The van der Waals surface area contributed by atoms with Crippen molar-refractivity contribution in [2.75, 3.05) is 47.5 Å². The first kappa shape index (κ1) is 26.9. The number of aromatic nitrogens is 5. The third-order valence-corrected chi connectivity index (χ3v) is 7.47. The molecule has 0 radical (unpaired) electrons. The van der Waals surface area contributed by atoms with Gasteiger partial charge in [-0.2, -0.15) is 0 Å². The number of anilines is 3. The summed E-state index contributed by atoms with van der Waals surface area (Å²) >= 11 is -1.61. The molecule has 5 rings (SSSR count). The van der Waals surface area contributed by atoms with Crippen LogP contribution in [0.1, 0.15) is 19.0 Å². The molecule has 0 aliphatic carbocycles. The van der Waals surface area contributed by atoms with E-state index >= 15 is 4.39 Å². The minimum atomic E-state index is -1.61. The van der Waals surface area contributed by atoms with Crippen molar-refractivity contribution >= 4 is 39.8 Å². The minimum absolute atomic E-state index is 0.0162. The fraction of sp³-hybridized carbons (Fsp3) is 0.346. The summed E-state index contributed by atoms with van der Waals surface area (Å²) in [6, 6.07) is 8.20. The Morgan fingerprint density at radius 2 is 2.03 bits per heavy atom. The molecule has 3 N–H and O–H groups in total. The molecule has 0 amide bonds. The maximum Gasteiger partial charge on any atom is 0.220 e. The number of hydrogen-bond acceptors (Lipinski definition) is 10. The van der Waals surface area contributed by atoms with E-state index < -0.39 is 23.9 Å². The summed E-state index contributed by atoms with van der Waals surface area (Å²) in [5.74, 6) is 0.650. The number of nitrogens with one attached hydrogen (secondary N) is 1. The third-order valence-electron chi connectivity index (χ3n) is 6.36. The number of pyridine rings is 1. The predicted octanol–water partition coefficient (Wildman–Crippen LogP) is 3.84. The summed E-state index contributed by atoms with van der Waals surface area (Å²) in [4.78, 5) is 24.9. The Labute approximate surface area is 227 Å². The highest BCUT2D eigenvalue weighted by Crippen LogP contribution is 2.33. The molecule has 1 saturated heterocycles. The zero-order valence-electron chi connectivity index (χ0n) is 21.5. The highest BCUT2D eigenvalue weighted by molar-refractivity contribution is 7.92. The van der Waals surface area contributed by atoms with Crippen molar-refractivity contribution in [3.8, 4) is 22.6 Å². The molecule has 4 aromatic rings. The maximum absolute atomic E-state index is 15.5. The van der Waals surface area contributed by atoms with Crippen molar-refractivity contribution in [2.24, 2.45) is 0 Å². The van der Waals surface area contributed by atoms with Gasteiger partial charge in [0.25, 0.3) is 0 Å². The molecule has 1 fully saturated rings. The lowest BCUT2D eigenvalue weighted by Gasteiger charge is -2.34. The Kier molecular flexibility index (Phi) is 8.00. The zero-order chi connectivity index (χ0) is 27.5. The second-order valence-corrected chi connectivity index (χ2v) is 10.4. The molecule has 2 atom stereocenters. The van der Waals surface area contributed by atoms with Gasteiger partial charge in [0, 0.05) is 24.7 Å². The first-order valence-corrected chi connectivity index (χ1v) is 13.8. The predicted molar refractivity (Wildman–Crippen MR) is 148 cm³/mol. The lowest BCUT2D eigenvalue weighted by atomic mass is 10.1. The molecule has 1 aliphatic heterocycles. The van der Waals surface area contributed by atoms with E-state index in [0.29, 0.717) is 59.4 Å². The van der Waals surface area contributed by atoms with Gasteiger partial charge in [-0.3, -0.25) is 4.39 Å². The molecule has 4 heterocycles. The number of nitrogens with zero attached hydrogens (tertiary/aromatic N) is 6. The van der Waals surface area contributed by atoms with E-state index in [1.165, 1.54) is 6.07 Å². The molecule has 10 nitrogen and oxygen atoms in total. The van der Waals surface area contributed by atoms with Gasteiger partial charge in [-0.15, -0.1) is 0 Å². The number of alkyl halides is 1. The monoisotopic (exact) mass is 554 g/mol. The number of benzene rings is 1. The number of fused-ring (bicyclic) bond motifs is 1. The summed E-state index contributed by atoms with van der Waals surface area (Å²) in [5.41, 5.74) is 8.73. The summed E-state index contributed by atoms with van der Waals surface area (Å²) in [6.07, 6.45) is 1.72. The SMILES string of the molecule is Cc1nc(N)ncc1-c1nc(N2CCOCC2C)c2nc(-c3cccc(N[S+]([O-])CCCF)c3F)ccc2n1. The Bertz CT molecular complexity index is 1490. The highest BCUT2D eigenvalue weighted by atomic mass is 32.2. The van der Waals surface area contributed by atoms with Gasteiger partial charge < -0.3 is 19.9 Å². The zero-order valence-corrected chi connectivity index (χ0v) is 22.3. The fourth-order valence-corrected chi connectivity index (χ4v) is 5.26. The highest BCUT2D eigenvalue weighted by Gasteiger charge is 2.26. The van der Waals surface area contributed by atoms with Crippen LogP contribution in [-0.4, -0.2) is 67.7 Å². The van der Waals surface area contributed by atoms with E-state index in [2.05, 4.69) is 19.6 Å². The molecular weight excluding hydrogens is 526 g/mol. The van der Waals surface area contributed by atoms with Crippen molar-refractivity contribution in [2.45, 2.75) is 26.3 Å². The van der Waals surface area contributed by atoms with Crippen molar-refractivity contribution in [3.63, 3.8) is 0 Å². The van der Waals surface area contributed by atoms with E-state index in [4.69, 9.17) is 25.4 Å². The maximum atomic E-state index is 15.5. The van der Waals surface area contributed by atoms with Crippen LogP contribution in [0, 0.1) is 12.7 Å². The standard InChI is InChI=1S/C26H28F2N8O2S/c1-15-14-38-11-10-36(15)25-23-21(33-24(34-25)18-13-30-26(29)31-16(18)2)8-7-19(32-23)17-5-3-6-20(22(17)28)35-39(37)12-4-9-27/h3,5-8,13,15,35H,4,9-12,14H2,1-2H3,(H2,29,30,31). The molecule has 1 aromatic carbocycles. The van der Waals surface area contributed by atoms with Gasteiger partial charge in [0.2, 0.25) is 5.95 Å². The van der Waals surface area contributed by atoms with Gasteiger partial charge in [0.15, 0.2) is 17.5 Å². The van der Waals surface area contributed by atoms with Crippen LogP contribution in [0.3, 0.4) is 0 Å². The number of morpholine rings is 1. The van der Waals surface area contributed by atoms with Crippen LogP contribution in [0.4, 0.5) is 26.2 Å². The van der Waals surface area contributed by atoms with Crippen molar-refractivity contribution in [1.29, 1.82) is 0 Å². The Balaban J connectivity index is 1.61. The molecule has 204 valence electrons. The molecule has 13 heteroatoms. The molecular formula is C26H28F2N8O2S. The van der Waals surface area contributed by atoms with E-state index in [-0.39, 0.29) is 35.4 Å². The van der Waals surface area contributed by atoms with Crippen molar-refractivity contribution in [3.05, 3.63) is 48.0 Å². The molecule has 0 spiro atoms. The van der Waals surface area contributed by atoms with Crippen LogP contribution < -0.4 is 15.4 Å². The van der Waals surface area contributed by atoms with Crippen LogP contribution >= 0.6 is 0 Å². The van der Waals surface area contributed by atoms with E-state index in [9.17, 15) is 8.94 Å². The topological polar surface area (TPSA) is 138 Å². The Hall–Kier alpha value is -3.68. The largest absolute Gasteiger partial charge is 0.593 e. The quantitative estimate of drug-likeness (QED) is 0.309. The lowest BCUT2D eigenvalue weighted by Crippen LogP contribution is -2.44. The van der Waals surface area contributed by atoms with Crippen LogP contribution in [-0.2, 0) is 16.1 Å². The van der Waals surface area contributed by atoms with Gasteiger partial charge in [0.1, 0.15) is 17.0 Å². The Morgan fingerprint density at radius 1 is 1.18 bits per heavy atom. The molecule has 0 bridgehead atoms. The third kappa shape index (κ3) is 5.70. The second-order valence-electron chi connectivity index (χ2n) is 9.14. The number of rotatable bonds is 8. The van der Waals surface area contributed by atoms with Crippen LogP contribution in [0.5, 0.6) is 0 Å². The van der Waals surface area contributed by atoms with Crippen LogP contribution in [0.2, 0.25) is 0 Å². The number of nitrogen functional groups attached to an aromatic ring is 1. The summed E-state index contributed by atoms with van der Waals surface area (Å²) in [5, 5.41) is 0. The first-order chi connectivity index (χ1) is 18.9.